The van der Waals surface area contributed by atoms with E-state index in [2.05, 4.69) is 16.7 Å². The number of nitrogens with one attached hydrogen (secondary N) is 2. The summed E-state index contributed by atoms with van der Waals surface area (Å²) in [5.74, 6) is 0.153. The lowest BCUT2D eigenvalue weighted by Gasteiger charge is -2.29. The van der Waals surface area contributed by atoms with Crippen molar-refractivity contribution in [3.8, 4) is 0 Å². The van der Waals surface area contributed by atoms with Crippen molar-refractivity contribution in [2.45, 2.75) is 39.2 Å². The lowest BCUT2D eigenvalue weighted by molar-refractivity contribution is 0.0992. The van der Waals surface area contributed by atoms with Crippen LogP contribution in [0.15, 0.2) is 47.7 Å². The van der Waals surface area contributed by atoms with Crippen molar-refractivity contribution in [3.05, 3.63) is 63.8 Å². The zero-order valence-corrected chi connectivity index (χ0v) is 15.6. The molecular weight excluding hydrogens is 332 g/mol. The largest absolute Gasteiger partial charge is 0.380 e. The minimum atomic E-state index is 0.0967. The number of ketones is 1. The van der Waals surface area contributed by atoms with Crippen LogP contribution in [0.3, 0.4) is 0 Å². The molecule has 4 heteroatoms. The molecule has 2 aliphatic heterocycles. The Balaban J connectivity index is 0.000000880. The molecule has 1 aliphatic carbocycles. The molecule has 1 unspecified atom stereocenters. The molecule has 2 heterocycles. The van der Waals surface area contributed by atoms with E-state index in [1.807, 2.05) is 44.3 Å². The number of carbonyl (C=O) groups excluding carboxylic acids is 1. The standard InChI is InChI=1S/C19H19ClN2O.C2H6/c20-14-3-4-15-16(11-14)17(23)10-13-2-1-7-22-19(13)18(15)12-5-8-21-9-6-12;1-2/h1-4,7,11,19,21-22H,5-6,8-10H2;1-2H3. The van der Waals surface area contributed by atoms with Crippen LogP contribution in [0.5, 0.6) is 0 Å². The maximum atomic E-state index is 12.8. The van der Waals surface area contributed by atoms with Gasteiger partial charge in [0.05, 0.1) is 6.04 Å². The highest BCUT2D eigenvalue weighted by atomic mass is 35.5. The normalized spacial score (nSPS) is 22.0. The highest BCUT2D eigenvalue weighted by molar-refractivity contribution is 6.31. The molecule has 0 amide bonds. The fraction of sp³-hybridized carbons (Fsp3) is 0.381. The second-order valence-electron chi connectivity index (χ2n) is 6.26. The Morgan fingerprint density at radius 3 is 2.64 bits per heavy atom. The number of rotatable bonds is 0. The zero-order valence-electron chi connectivity index (χ0n) is 14.9. The Bertz CT molecular complexity index is 753. The fourth-order valence-corrected chi connectivity index (χ4v) is 3.94. The van der Waals surface area contributed by atoms with E-state index in [1.54, 1.807) is 0 Å². The van der Waals surface area contributed by atoms with E-state index >= 15 is 0 Å². The van der Waals surface area contributed by atoms with Crippen molar-refractivity contribution in [1.29, 1.82) is 0 Å². The van der Waals surface area contributed by atoms with E-state index in [-0.39, 0.29) is 11.8 Å². The Kier molecular flexibility index (Phi) is 5.77. The summed E-state index contributed by atoms with van der Waals surface area (Å²) in [6.45, 7) is 5.99. The van der Waals surface area contributed by atoms with Gasteiger partial charge in [0.1, 0.15) is 0 Å². The summed E-state index contributed by atoms with van der Waals surface area (Å²) in [7, 11) is 0. The molecule has 25 heavy (non-hydrogen) atoms. The van der Waals surface area contributed by atoms with Crippen LogP contribution in [0.4, 0.5) is 0 Å². The van der Waals surface area contributed by atoms with Crippen molar-refractivity contribution in [2.75, 3.05) is 13.1 Å². The Morgan fingerprint density at radius 2 is 1.88 bits per heavy atom. The summed E-state index contributed by atoms with van der Waals surface area (Å²) >= 11 is 6.16. The summed E-state index contributed by atoms with van der Waals surface area (Å²) < 4.78 is 0. The summed E-state index contributed by atoms with van der Waals surface area (Å²) in [6.07, 6.45) is 8.54. The molecule has 1 fully saturated rings. The van der Waals surface area contributed by atoms with Crippen LogP contribution in [0, 0.1) is 0 Å². The summed E-state index contributed by atoms with van der Waals surface area (Å²) in [5, 5.41) is 7.51. The van der Waals surface area contributed by atoms with Crippen molar-refractivity contribution in [3.63, 3.8) is 0 Å². The average molecular weight is 357 g/mol. The van der Waals surface area contributed by atoms with Crippen LogP contribution >= 0.6 is 11.6 Å². The maximum Gasteiger partial charge on any atom is 0.167 e. The number of hydrogen-bond donors (Lipinski definition) is 2. The second kappa shape index (κ2) is 8.03. The van der Waals surface area contributed by atoms with Crippen LogP contribution in [0.1, 0.15) is 49.0 Å². The molecule has 3 nitrogen and oxygen atoms in total. The number of fused-ring (bicyclic) bond motifs is 2. The third-order valence-electron chi connectivity index (χ3n) is 4.85. The number of dihydropyridines is 1. The molecule has 3 aliphatic rings. The Morgan fingerprint density at radius 1 is 1.12 bits per heavy atom. The molecule has 0 saturated carbocycles. The SMILES string of the molecule is CC.O=C1CC2=CC=CNC2C(=C2CCNCC2)c2ccc(Cl)cc21. The van der Waals surface area contributed by atoms with E-state index in [4.69, 9.17) is 11.6 Å². The van der Waals surface area contributed by atoms with Crippen LogP contribution < -0.4 is 10.6 Å². The lowest BCUT2D eigenvalue weighted by Crippen LogP contribution is -2.32. The van der Waals surface area contributed by atoms with Crippen LogP contribution in [-0.4, -0.2) is 24.9 Å². The van der Waals surface area contributed by atoms with Gasteiger partial charge in [-0.05, 0) is 67.0 Å². The minimum Gasteiger partial charge on any atom is -0.380 e. The van der Waals surface area contributed by atoms with Crippen LogP contribution in [0.2, 0.25) is 5.02 Å². The first-order valence-corrected chi connectivity index (χ1v) is 9.49. The van der Waals surface area contributed by atoms with Gasteiger partial charge in [-0.25, -0.2) is 0 Å². The molecule has 4 rings (SSSR count). The van der Waals surface area contributed by atoms with Gasteiger partial charge < -0.3 is 10.6 Å². The van der Waals surface area contributed by atoms with E-state index in [0.717, 1.165) is 42.6 Å². The van der Waals surface area contributed by atoms with Gasteiger partial charge >= 0.3 is 0 Å². The number of carbonyl (C=O) groups is 1. The van der Waals surface area contributed by atoms with Crippen molar-refractivity contribution in [2.24, 2.45) is 0 Å². The number of piperidine rings is 1. The smallest absolute Gasteiger partial charge is 0.167 e. The molecular formula is C21H25ClN2O. The number of halogens is 1. The van der Waals surface area contributed by atoms with E-state index < -0.39 is 0 Å². The highest BCUT2D eigenvalue weighted by Gasteiger charge is 2.32. The quantitative estimate of drug-likeness (QED) is 0.719. The maximum absolute atomic E-state index is 12.8. The van der Waals surface area contributed by atoms with Crippen LogP contribution in [0.25, 0.3) is 5.57 Å². The Labute approximate surface area is 154 Å². The summed E-state index contributed by atoms with van der Waals surface area (Å²) in [4.78, 5) is 12.8. The van der Waals surface area contributed by atoms with Crippen LogP contribution in [-0.2, 0) is 0 Å². The van der Waals surface area contributed by atoms with Gasteiger partial charge in [-0.2, -0.15) is 0 Å². The predicted octanol–water partition coefficient (Wildman–Crippen LogP) is 4.50. The van der Waals surface area contributed by atoms with E-state index in [9.17, 15) is 4.79 Å². The number of benzene rings is 1. The number of Topliss-reactive ketones (excluding diaryl/α,β-unsaturated/α-hetero) is 1. The third-order valence-corrected chi connectivity index (χ3v) is 5.09. The molecule has 132 valence electrons. The molecule has 1 aromatic carbocycles. The van der Waals surface area contributed by atoms with Gasteiger partial charge in [-0.3, -0.25) is 4.79 Å². The minimum absolute atomic E-state index is 0.0967. The summed E-state index contributed by atoms with van der Waals surface area (Å²) in [6, 6.07) is 5.83. The lowest BCUT2D eigenvalue weighted by atomic mass is 9.85. The van der Waals surface area contributed by atoms with Crippen molar-refractivity contribution in [1.82, 2.24) is 10.6 Å². The second-order valence-corrected chi connectivity index (χ2v) is 6.69. The molecule has 0 spiro atoms. The predicted molar refractivity (Wildman–Crippen MR) is 105 cm³/mol. The Hall–Kier alpha value is -1.84. The fourth-order valence-electron chi connectivity index (χ4n) is 3.77. The molecule has 1 saturated heterocycles. The first-order valence-electron chi connectivity index (χ1n) is 9.11. The molecule has 0 bridgehead atoms. The zero-order chi connectivity index (χ0) is 17.8. The van der Waals surface area contributed by atoms with E-state index in [0.29, 0.717) is 11.4 Å². The van der Waals surface area contributed by atoms with Gasteiger partial charge in [0, 0.05) is 17.0 Å². The van der Waals surface area contributed by atoms with E-state index in [1.165, 1.54) is 11.1 Å². The third kappa shape index (κ3) is 3.58. The van der Waals surface area contributed by atoms with Crippen molar-refractivity contribution < 1.29 is 4.79 Å². The first kappa shape index (κ1) is 18.0. The van der Waals surface area contributed by atoms with Gasteiger partial charge in [-0.15, -0.1) is 0 Å². The van der Waals surface area contributed by atoms with Gasteiger partial charge in [0.2, 0.25) is 0 Å². The number of allylic oxidation sites excluding steroid dienone is 2. The summed E-state index contributed by atoms with van der Waals surface area (Å²) in [5.41, 5.74) is 5.68. The molecule has 0 radical (unpaired) electrons. The van der Waals surface area contributed by atoms with Gasteiger partial charge in [-0.1, -0.05) is 43.2 Å². The first-order chi connectivity index (χ1) is 12.2. The van der Waals surface area contributed by atoms with Crippen molar-refractivity contribution >= 4 is 23.0 Å². The molecule has 0 aromatic heterocycles. The topological polar surface area (TPSA) is 41.1 Å². The molecule has 1 aromatic rings. The molecule has 2 N–H and O–H groups in total. The van der Waals surface area contributed by atoms with Gasteiger partial charge in [0.15, 0.2) is 5.78 Å². The average Bonchev–Trinajstić information content (AvgIpc) is 2.78. The monoisotopic (exact) mass is 356 g/mol. The number of hydrogen-bond acceptors (Lipinski definition) is 3. The highest BCUT2D eigenvalue weighted by Crippen LogP contribution is 2.39. The molecule has 1 atom stereocenters. The van der Waals surface area contributed by atoms with Gasteiger partial charge in [0.25, 0.3) is 0 Å².